The third-order valence-electron chi connectivity index (χ3n) is 3.92. The number of carboxylic acid groups (broad SMARTS) is 1. The summed E-state index contributed by atoms with van der Waals surface area (Å²) in [5, 5.41) is 12.0. The molecule has 1 aliphatic rings. The van der Waals surface area contributed by atoms with Gasteiger partial charge in [-0.05, 0) is 30.6 Å². The van der Waals surface area contributed by atoms with Crippen LogP contribution in [-0.2, 0) is 4.79 Å². The highest BCUT2D eigenvalue weighted by Crippen LogP contribution is 2.28. The molecule has 5 heteroatoms. The van der Waals surface area contributed by atoms with Gasteiger partial charge < -0.3 is 15.3 Å². The molecule has 5 nitrogen and oxygen atoms in total. The van der Waals surface area contributed by atoms with Gasteiger partial charge in [0, 0.05) is 18.6 Å². The van der Waals surface area contributed by atoms with E-state index in [0.717, 1.165) is 25.8 Å². The van der Waals surface area contributed by atoms with E-state index in [1.807, 2.05) is 25.7 Å². The maximum Gasteiger partial charge on any atom is 0.317 e. The number of carboxylic acids is 1. The van der Waals surface area contributed by atoms with Crippen LogP contribution in [0, 0.1) is 11.3 Å². The van der Waals surface area contributed by atoms with Crippen LogP contribution in [0.4, 0.5) is 4.79 Å². The number of aliphatic carboxylic acids is 1. The van der Waals surface area contributed by atoms with Gasteiger partial charge in [-0.2, -0.15) is 0 Å². The van der Waals surface area contributed by atoms with Crippen molar-refractivity contribution in [1.82, 2.24) is 10.2 Å². The molecule has 0 aromatic rings. The molecule has 0 spiro atoms. The molecule has 0 aromatic carbocycles. The molecule has 0 aromatic heterocycles. The summed E-state index contributed by atoms with van der Waals surface area (Å²) in [5.41, 5.74) is -0.276. The fourth-order valence-electron chi connectivity index (χ4n) is 2.21. The van der Waals surface area contributed by atoms with Crippen molar-refractivity contribution in [1.29, 1.82) is 0 Å². The minimum atomic E-state index is -0.879. The van der Waals surface area contributed by atoms with Crippen LogP contribution in [0.2, 0.25) is 0 Å². The molecule has 0 heterocycles. The number of hydrogen-bond donors (Lipinski definition) is 2. The molecule has 1 saturated carbocycles. The number of rotatable bonds is 7. The van der Waals surface area contributed by atoms with Crippen LogP contribution >= 0.6 is 0 Å². The molecule has 1 aliphatic carbocycles. The predicted molar refractivity (Wildman–Crippen MR) is 83.2 cm³/mol. The first kappa shape index (κ1) is 17.8. The van der Waals surface area contributed by atoms with Crippen LogP contribution in [0.15, 0.2) is 0 Å². The molecule has 1 rings (SSSR count). The number of hydrogen-bond acceptors (Lipinski definition) is 2. The van der Waals surface area contributed by atoms with E-state index in [4.69, 9.17) is 5.11 Å². The Hall–Kier alpha value is -1.26. The van der Waals surface area contributed by atoms with Crippen molar-refractivity contribution in [3.63, 3.8) is 0 Å². The van der Waals surface area contributed by atoms with Gasteiger partial charge in [0.2, 0.25) is 0 Å². The highest BCUT2D eigenvalue weighted by Gasteiger charge is 2.35. The number of urea groups is 1. The molecule has 1 atom stereocenters. The first-order valence-corrected chi connectivity index (χ1v) is 7.90. The van der Waals surface area contributed by atoms with Gasteiger partial charge in [0.1, 0.15) is 0 Å². The van der Waals surface area contributed by atoms with E-state index in [0.29, 0.717) is 12.0 Å². The summed E-state index contributed by atoms with van der Waals surface area (Å²) >= 11 is 0. The summed E-state index contributed by atoms with van der Waals surface area (Å²) in [6.45, 7) is 10.9. The van der Waals surface area contributed by atoms with E-state index >= 15 is 0 Å². The Morgan fingerprint density at radius 1 is 1.29 bits per heavy atom. The van der Waals surface area contributed by atoms with E-state index < -0.39 is 5.97 Å². The third kappa shape index (κ3) is 6.36. The molecule has 0 aliphatic heterocycles. The smallest absolute Gasteiger partial charge is 0.317 e. The van der Waals surface area contributed by atoms with Crippen LogP contribution in [-0.4, -0.2) is 40.6 Å². The van der Waals surface area contributed by atoms with Crippen LogP contribution in [0.5, 0.6) is 0 Å². The molecule has 1 fully saturated rings. The lowest BCUT2D eigenvalue weighted by atomic mass is 9.85. The van der Waals surface area contributed by atoms with E-state index in [2.05, 4.69) is 19.2 Å². The Kier molecular flexibility index (Phi) is 6.05. The molecule has 1 unspecified atom stereocenters. The van der Waals surface area contributed by atoms with Crippen molar-refractivity contribution in [3.05, 3.63) is 0 Å². The van der Waals surface area contributed by atoms with Crippen molar-refractivity contribution < 1.29 is 14.7 Å². The second-order valence-electron chi connectivity index (χ2n) is 7.57. The average Bonchev–Trinajstić information content (AvgIpc) is 3.10. The zero-order valence-electron chi connectivity index (χ0n) is 14.0. The zero-order chi connectivity index (χ0) is 16.2. The van der Waals surface area contributed by atoms with Gasteiger partial charge >= 0.3 is 12.0 Å². The van der Waals surface area contributed by atoms with Gasteiger partial charge in [0.05, 0.1) is 6.42 Å². The lowest BCUT2D eigenvalue weighted by Gasteiger charge is -2.33. The maximum absolute atomic E-state index is 12.5. The summed E-state index contributed by atoms with van der Waals surface area (Å²) in [7, 11) is 0. The Morgan fingerprint density at radius 2 is 1.86 bits per heavy atom. The summed E-state index contributed by atoms with van der Waals surface area (Å²) in [6, 6.07) is -0.128. The predicted octanol–water partition coefficient (Wildman–Crippen LogP) is 3.10. The minimum absolute atomic E-state index is 0.0437. The molecule has 2 N–H and O–H groups in total. The second kappa shape index (κ2) is 7.14. The average molecular weight is 298 g/mol. The zero-order valence-corrected chi connectivity index (χ0v) is 14.0. The molecule has 0 bridgehead atoms. The number of amides is 2. The molecule has 21 heavy (non-hydrogen) atoms. The Balaban J connectivity index is 2.66. The topological polar surface area (TPSA) is 69.6 Å². The number of carbonyl (C=O) groups is 2. The van der Waals surface area contributed by atoms with Crippen molar-refractivity contribution in [3.8, 4) is 0 Å². The fourth-order valence-corrected chi connectivity index (χ4v) is 2.21. The number of nitrogens with zero attached hydrogens (tertiary/aromatic N) is 1. The van der Waals surface area contributed by atoms with Gasteiger partial charge in [-0.3, -0.25) is 4.79 Å². The van der Waals surface area contributed by atoms with Gasteiger partial charge in [-0.15, -0.1) is 0 Å². The highest BCUT2D eigenvalue weighted by molar-refractivity contribution is 5.76. The summed E-state index contributed by atoms with van der Waals surface area (Å²) in [5.74, 6) is -0.327. The molecule has 0 radical (unpaired) electrons. The maximum atomic E-state index is 12.5. The second-order valence-corrected chi connectivity index (χ2v) is 7.57. The van der Waals surface area contributed by atoms with Crippen LogP contribution in [0.1, 0.15) is 60.3 Å². The lowest BCUT2D eigenvalue weighted by Crippen LogP contribution is -2.51. The largest absolute Gasteiger partial charge is 0.481 e. The van der Waals surface area contributed by atoms with Crippen LogP contribution in [0.3, 0.4) is 0 Å². The first-order valence-electron chi connectivity index (χ1n) is 7.90. The summed E-state index contributed by atoms with van der Waals surface area (Å²) < 4.78 is 0. The Bertz CT molecular complexity index is 370. The SMILES string of the molecule is CC(C)CCN(C(=O)NC(CC(=O)O)C(C)(C)C)C1CC1. The highest BCUT2D eigenvalue weighted by atomic mass is 16.4. The van der Waals surface area contributed by atoms with Crippen LogP contribution in [0.25, 0.3) is 0 Å². The summed E-state index contributed by atoms with van der Waals surface area (Å²) in [4.78, 5) is 25.4. The van der Waals surface area contributed by atoms with Gasteiger partial charge in [0.15, 0.2) is 0 Å². The van der Waals surface area contributed by atoms with E-state index in [1.54, 1.807) is 0 Å². The lowest BCUT2D eigenvalue weighted by molar-refractivity contribution is -0.138. The van der Waals surface area contributed by atoms with E-state index in [-0.39, 0.29) is 23.9 Å². The molecule has 0 saturated heterocycles. The molecule has 122 valence electrons. The quantitative estimate of drug-likeness (QED) is 0.759. The molecule has 2 amide bonds. The summed E-state index contributed by atoms with van der Waals surface area (Å²) in [6.07, 6.45) is 3.05. The Morgan fingerprint density at radius 3 is 2.24 bits per heavy atom. The number of carbonyl (C=O) groups excluding carboxylic acids is 1. The van der Waals surface area contributed by atoms with Gasteiger partial charge in [-0.25, -0.2) is 4.79 Å². The van der Waals surface area contributed by atoms with Gasteiger partial charge in [-0.1, -0.05) is 34.6 Å². The molecular formula is C16H30N2O3. The minimum Gasteiger partial charge on any atom is -0.481 e. The standard InChI is InChI=1S/C16H30N2O3/c1-11(2)8-9-18(12-6-7-12)15(21)17-13(10-14(19)20)16(3,4)5/h11-13H,6-10H2,1-5H3,(H,17,21)(H,19,20). The number of nitrogens with one attached hydrogen (secondary N) is 1. The Labute approximate surface area is 128 Å². The fraction of sp³-hybridized carbons (Fsp3) is 0.875. The third-order valence-corrected chi connectivity index (χ3v) is 3.92. The van der Waals surface area contributed by atoms with E-state index in [1.165, 1.54) is 0 Å². The van der Waals surface area contributed by atoms with E-state index in [9.17, 15) is 9.59 Å². The van der Waals surface area contributed by atoms with Crippen molar-refractivity contribution in [2.75, 3.05) is 6.54 Å². The van der Waals surface area contributed by atoms with Gasteiger partial charge in [0.25, 0.3) is 0 Å². The van der Waals surface area contributed by atoms with Crippen molar-refractivity contribution in [2.24, 2.45) is 11.3 Å². The first-order chi connectivity index (χ1) is 9.61. The van der Waals surface area contributed by atoms with Crippen LogP contribution < -0.4 is 5.32 Å². The van der Waals surface area contributed by atoms with Crippen molar-refractivity contribution >= 4 is 12.0 Å². The monoisotopic (exact) mass is 298 g/mol. The normalized spacial score (nSPS) is 16.7. The molecular weight excluding hydrogens is 268 g/mol. The van der Waals surface area contributed by atoms with Crippen molar-refractivity contribution in [2.45, 2.75) is 72.4 Å².